The number of aliphatic hydroxyl groups is 20. The van der Waals surface area contributed by atoms with Gasteiger partial charge in [0.05, 0.1) is 39.6 Å². The molecule has 0 aromatic rings. The average Bonchev–Trinajstić information content (AvgIpc) is 0.751. The average molecular weight is 1690 g/mol. The van der Waals surface area contributed by atoms with E-state index in [4.69, 9.17) is 65.9 Å². The minimum absolute atomic E-state index is 0.0324. The molecule has 1 aliphatic carbocycles. The first-order valence-corrected chi connectivity index (χ1v) is 42.7. The Morgan fingerprint density at radius 3 is 0.983 bits per heavy atom. The Bertz CT molecular complexity index is 2750. The van der Waals surface area contributed by atoms with Crippen LogP contribution in [0.4, 0.5) is 0 Å². The summed E-state index contributed by atoms with van der Waals surface area (Å²) in [6.07, 6.45) is -30.4. The maximum atomic E-state index is 14.5. The summed E-state index contributed by atoms with van der Waals surface area (Å²) in [6.45, 7) is -1.92. The number of ether oxygens (including phenoxy) is 12. The zero-order valence-electron chi connectivity index (χ0n) is 66.0. The van der Waals surface area contributed by atoms with Crippen LogP contribution < -0.4 is 0 Å². The van der Waals surface area contributed by atoms with E-state index in [9.17, 15) is 121 Å². The minimum atomic E-state index is -5.87. The number of esters is 2. The molecule has 5 heterocycles. The number of aliphatic hydroxyl groups excluding tert-OH is 20. The molecule has 14 unspecified atom stereocenters. The van der Waals surface area contributed by atoms with Gasteiger partial charge in [-0.15, -0.1) is 0 Å². The molecule has 0 amide bonds. The molecule has 21 N–H and O–H groups in total. The van der Waals surface area contributed by atoms with E-state index in [1.54, 1.807) is 0 Å². The summed E-state index contributed by atoms with van der Waals surface area (Å²) >= 11 is 0. The molecule has 0 radical (unpaired) electrons. The Labute approximate surface area is 671 Å². The monoisotopic (exact) mass is 1690 g/mol. The zero-order chi connectivity index (χ0) is 84.3. The van der Waals surface area contributed by atoms with Gasteiger partial charge in [-0.05, 0) is 64.2 Å². The van der Waals surface area contributed by atoms with Gasteiger partial charge in [-0.2, -0.15) is 0 Å². The second kappa shape index (κ2) is 53.4. The smallest absolute Gasteiger partial charge is 0.462 e. The van der Waals surface area contributed by atoms with E-state index < -0.39 is 262 Å². The van der Waals surface area contributed by atoms with E-state index in [0.29, 0.717) is 25.7 Å². The van der Waals surface area contributed by atoms with E-state index in [-0.39, 0.29) is 12.8 Å². The molecule has 33 atom stereocenters. The van der Waals surface area contributed by atoms with Crippen molar-refractivity contribution in [2.75, 3.05) is 46.2 Å². The molecule has 0 spiro atoms. The first-order valence-electron chi connectivity index (χ1n) is 41.2. The summed E-state index contributed by atoms with van der Waals surface area (Å²) in [4.78, 5) is 38.4. The van der Waals surface area contributed by atoms with E-state index in [0.717, 1.165) is 70.6 Å². The highest BCUT2D eigenvalue weighted by molar-refractivity contribution is 7.47. The van der Waals surface area contributed by atoms with Gasteiger partial charge in [-0.3, -0.25) is 18.6 Å². The second-order valence-electron chi connectivity index (χ2n) is 30.8. The van der Waals surface area contributed by atoms with Crippen molar-refractivity contribution in [2.45, 2.75) is 396 Å². The molecule has 39 heteroatoms. The van der Waals surface area contributed by atoms with Gasteiger partial charge >= 0.3 is 19.8 Å². The molecular formula is C76H135O38P. The van der Waals surface area contributed by atoms with Gasteiger partial charge in [0.25, 0.3) is 0 Å². The van der Waals surface area contributed by atoms with Crippen molar-refractivity contribution in [1.82, 2.24) is 0 Å². The Kier molecular flexibility index (Phi) is 46.9. The molecule has 38 nitrogen and oxygen atoms in total. The topological polar surface area (TPSA) is 605 Å². The highest BCUT2D eigenvalue weighted by Crippen LogP contribution is 2.49. The molecule has 115 heavy (non-hydrogen) atoms. The lowest BCUT2D eigenvalue weighted by atomic mass is 9.84. The van der Waals surface area contributed by atoms with Gasteiger partial charge in [0, 0.05) is 12.8 Å². The second-order valence-corrected chi connectivity index (χ2v) is 32.2. The summed E-state index contributed by atoms with van der Waals surface area (Å²) in [7, 11) is -5.87. The summed E-state index contributed by atoms with van der Waals surface area (Å²) < 4.78 is 93.0. The third kappa shape index (κ3) is 32.2. The fraction of sp³-hybridized carbons (Fsp3) is 0.921. The number of phosphoric acid groups is 1. The summed E-state index contributed by atoms with van der Waals surface area (Å²) in [5.41, 5.74) is 0. The molecule has 6 rings (SSSR count). The van der Waals surface area contributed by atoms with Crippen LogP contribution in [0.2, 0.25) is 0 Å². The van der Waals surface area contributed by atoms with Gasteiger partial charge in [-0.25, -0.2) is 4.57 Å². The van der Waals surface area contributed by atoms with Gasteiger partial charge in [0.1, 0.15) is 165 Å². The van der Waals surface area contributed by atoms with Crippen LogP contribution in [0.15, 0.2) is 24.3 Å². The van der Waals surface area contributed by atoms with Crippen LogP contribution in [-0.2, 0) is 80.0 Å². The molecule has 1 saturated carbocycles. The van der Waals surface area contributed by atoms with Crippen molar-refractivity contribution in [1.29, 1.82) is 0 Å². The third-order valence-corrected chi connectivity index (χ3v) is 22.5. The highest BCUT2D eigenvalue weighted by atomic mass is 31.2. The molecule has 5 aliphatic heterocycles. The van der Waals surface area contributed by atoms with Crippen molar-refractivity contribution in [3.63, 3.8) is 0 Å². The van der Waals surface area contributed by atoms with Crippen molar-refractivity contribution >= 4 is 19.8 Å². The Morgan fingerprint density at radius 1 is 0.339 bits per heavy atom. The maximum absolute atomic E-state index is 14.5. The molecule has 6 aliphatic rings. The van der Waals surface area contributed by atoms with Crippen LogP contribution in [0.3, 0.4) is 0 Å². The summed E-state index contributed by atoms with van der Waals surface area (Å²) in [6, 6.07) is 0. The van der Waals surface area contributed by atoms with Crippen molar-refractivity contribution < 1.29 is 187 Å². The molecule has 6 fully saturated rings. The van der Waals surface area contributed by atoms with Crippen LogP contribution in [0.25, 0.3) is 0 Å². The normalized spacial score (nSPS) is 37.6. The van der Waals surface area contributed by atoms with Crippen LogP contribution in [0.5, 0.6) is 0 Å². The van der Waals surface area contributed by atoms with Crippen molar-refractivity contribution in [3.05, 3.63) is 24.3 Å². The number of carbonyl (C=O) groups is 2. The van der Waals surface area contributed by atoms with Crippen LogP contribution in [0.1, 0.15) is 200 Å². The predicted molar refractivity (Wildman–Crippen MR) is 398 cm³/mol. The molecule has 5 saturated heterocycles. The number of phosphoric ester groups is 1. The van der Waals surface area contributed by atoms with Crippen molar-refractivity contribution in [3.8, 4) is 0 Å². The first-order chi connectivity index (χ1) is 55.0. The van der Waals surface area contributed by atoms with Crippen LogP contribution in [-0.4, -0.2) is 361 Å². The third-order valence-electron chi connectivity index (χ3n) is 21.5. The van der Waals surface area contributed by atoms with E-state index in [2.05, 4.69) is 38.2 Å². The Balaban J connectivity index is 1.13. The highest BCUT2D eigenvalue weighted by Gasteiger charge is 2.59. The maximum Gasteiger partial charge on any atom is 0.472 e. The van der Waals surface area contributed by atoms with Gasteiger partial charge in [0.2, 0.25) is 0 Å². The molecule has 0 aromatic carbocycles. The van der Waals surface area contributed by atoms with Gasteiger partial charge < -0.3 is 164 Å². The zero-order valence-corrected chi connectivity index (χ0v) is 66.9. The summed E-state index contributed by atoms with van der Waals surface area (Å²) in [5, 5.41) is 217. The SMILES string of the molecule is CCCCCCCC/C=C\CCCCCCCC(=O)O[C@H](COC(=O)CCCCCCC/C=C\CCCCCCCCC)COP(=O)(O)O[C@@H]1C(O[C@@H]2OC(CO[C@@H]3OC(CO[C@@H]4OC(CO[C@@H]5OC(CO)[C@H](O)C(O)[C@@H]5O)[C@H](O)C(O)[C@@H]4O)[C@H](O)C(O)[C@@H]3O)[C@H](O)C(O)[C@@H]2O)C(O)[C@@H](O)C(O)[C@H]1O[C@H]1OC(CO)[C@@H](O)C(O)[C@H]1O. The summed E-state index contributed by atoms with van der Waals surface area (Å²) in [5.74, 6) is -1.50. The Morgan fingerprint density at radius 2 is 0.626 bits per heavy atom. The lowest BCUT2D eigenvalue weighted by Crippen LogP contribution is -2.69. The fourth-order valence-electron chi connectivity index (χ4n) is 14.3. The largest absolute Gasteiger partial charge is 0.472 e. The number of allylic oxidation sites excluding steroid dienone is 4. The van der Waals surface area contributed by atoms with E-state index in [1.165, 1.54) is 77.0 Å². The predicted octanol–water partition coefficient (Wildman–Crippen LogP) is -1.65. The first kappa shape index (κ1) is 101. The number of hydrogen-bond donors (Lipinski definition) is 21. The molecular weight excluding hydrogens is 1550 g/mol. The van der Waals surface area contributed by atoms with E-state index in [1.807, 2.05) is 0 Å². The fourth-order valence-corrected chi connectivity index (χ4v) is 15.2. The minimum Gasteiger partial charge on any atom is -0.462 e. The molecule has 0 aromatic heterocycles. The molecule has 0 bridgehead atoms. The van der Waals surface area contributed by atoms with Gasteiger partial charge in [-0.1, -0.05) is 147 Å². The lowest BCUT2D eigenvalue weighted by Gasteiger charge is -2.49. The standard InChI is InChI=1S/C76H135O38P/c1-3-5-7-9-11-13-15-17-19-21-22-24-26-28-30-32-34-49(79)101-38-43(106-50(80)35-33-31-29-27-25-23-20-18-16-14-12-10-8-6-4-2)39-105-115(99,100)114-71-69(112-75-67(97)57(87)52(82)45(37-78)108-75)62(92)61(91)63(93)70(71)113-76-68(98)60(90)55(85)48(111-76)42-104-74-66(96)59(89)54(84)47(110-74)41-103-73-65(95)58(88)53(83)46(109-73)40-102-72-64(94)56(86)51(81)44(36-77)107-72/h18-21,43-48,51-78,81-98H,3-17,22-42H2,1-2H3,(H,99,100)/b20-18-,21-19-/t43-,44?,45?,46?,47?,48?,51+,52-,53+,54+,55+,56?,57?,58?,59?,60?,61+,62?,63?,64+,65+,66+,67-,68+,69-,70?,71+,72-,73-,74-,75-,76+/m1/s1. The van der Waals surface area contributed by atoms with Gasteiger partial charge in [0.15, 0.2) is 37.6 Å². The quantitative estimate of drug-likeness (QED) is 0.0140. The molecule has 672 valence electrons. The van der Waals surface area contributed by atoms with Crippen LogP contribution >= 0.6 is 7.82 Å². The number of rotatable bonds is 54. The lowest BCUT2D eigenvalue weighted by molar-refractivity contribution is -0.365. The number of hydrogen-bond acceptors (Lipinski definition) is 37. The number of carbonyl (C=O) groups excluding carboxylic acids is 2. The van der Waals surface area contributed by atoms with Crippen molar-refractivity contribution in [2.24, 2.45) is 0 Å². The van der Waals surface area contributed by atoms with E-state index >= 15 is 0 Å². The number of unbranched alkanes of at least 4 members (excludes halogenated alkanes) is 23. The van der Waals surface area contributed by atoms with Crippen LogP contribution in [0, 0.1) is 0 Å². The Hall–Kier alpha value is -2.67.